The number of hydrogen-bond acceptors (Lipinski definition) is 4. The van der Waals surface area contributed by atoms with E-state index in [9.17, 15) is 0 Å². The standard InChI is InChI=1S/C15H20N2OS/c1-12(15-16-7-8-19-15)10-17(2)11-13-5-4-6-14(9-13)18-3/h4-9,12H,10-11H2,1-3H3. The van der Waals surface area contributed by atoms with Gasteiger partial charge in [-0.15, -0.1) is 11.3 Å². The van der Waals surface area contributed by atoms with E-state index in [2.05, 4.69) is 36.0 Å². The molecule has 0 saturated heterocycles. The summed E-state index contributed by atoms with van der Waals surface area (Å²) in [5.74, 6) is 1.38. The summed E-state index contributed by atoms with van der Waals surface area (Å²) < 4.78 is 5.25. The van der Waals surface area contributed by atoms with Crippen molar-refractivity contribution < 1.29 is 4.74 Å². The zero-order valence-electron chi connectivity index (χ0n) is 11.7. The highest BCUT2D eigenvalue weighted by atomic mass is 32.1. The van der Waals surface area contributed by atoms with Crippen molar-refractivity contribution in [2.75, 3.05) is 20.7 Å². The number of methoxy groups -OCH3 is 1. The van der Waals surface area contributed by atoms with Gasteiger partial charge in [0.1, 0.15) is 5.75 Å². The summed E-state index contributed by atoms with van der Waals surface area (Å²) in [4.78, 5) is 6.70. The van der Waals surface area contributed by atoms with Gasteiger partial charge in [-0.3, -0.25) is 0 Å². The number of aromatic nitrogens is 1. The van der Waals surface area contributed by atoms with E-state index in [1.54, 1.807) is 18.4 Å². The van der Waals surface area contributed by atoms with E-state index < -0.39 is 0 Å². The van der Waals surface area contributed by atoms with Gasteiger partial charge >= 0.3 is 0 Å². The molecular formula is C15H20N2OS. The van der Waals surface area contributed by atoms with Crippen molar-refractivity contribution in [1.82, 2.24) is 9.88 Å². The van der Waals surface area contributed by atoms with E-state index in [0.717, 1.165) is 18.8 Å². The van der Waals surface area contributed by atoms with E-state index in [1.165, 1.54) is 10.6 Å². The molecule has 0 amide bonds. The third kappa shape index (κ3) is 4.04. The van der Waals surface area contributed by atoms with Crippen LogP contribution in [0.2, 0.25) is 0 Å². The topological polar surface area (TPSA) is 25.4 Å². The fourth-order valence-corrected chi connectivity index (χ4v) is 2.86. The summed E-state index contributed by atoms with van der Waals surface area (Å²) in [7, 11) is 3.84. The quantitative estimate of drug-likeness (QED) is 0.808. The lowest BCUT2D eigenvalue weighted by Crippen LogP contribution is -2.23. The molecule has 0 aliphatic rings. The van der Waals surface area contributed by atoms with Crippen molar-refractivity contribution in [3.63, 3.8) is 0 Å². The molecule has 19 heavy (non-hydrogen) atoms. The molecule has 2 aromatic rings. The maximum absolute atomic E-state index is 5.25. The first kappa shape index (κ1) is 14.0. The van der Waals surface area contributed by atoms with Gasteiger partial charge in [-0.2, -0.15) is 0 Å². The Morgan fingerprint density at radius 1 is 1.42 bits per heavy atom. The van der Waals surface area contributed by atoms with Crippen LogP contribution < -0.4 is 4.74 Å². The van der Waals surface area contributed by atoms with E-state index >= 15 is 0 Å². The van der Waals surface area contributed by atoms with Crippen LogP contribution in [-0.4, -0.2) is 30.6 Å². The van der Waals surface area contributed by atoms with Gasteiger partial charge in [0.05, 0.1) is 12.1 Å². The second kappa shape index (κ2) is 6.68. The van der Waals surface area contributed by atoms with Crippen LogP contribution in [0.5, 0.6) is 5.75 Å². The smallest absolute Gasteiger partial charge is 0.119 e. The Kier molecular flexibility index (Phi) is 4.93. The van der Waals surface area contributed by atoms with Gasteiger partial charge in [0.15, 0.2) is 0 Å². The Hall–Kier alpha value is -1.39. The largest absolute Gasteiger partial charge is 0.497 e. The molecule has 3 nitrogen and oxygen atoms in total. The van der Waals surface area contributed by atoms with Gasteiger partial charge in [-0.1, -0.05) is 19.1 Å². The first-order chi connectivity index (χ1) is 9.19. The van der Waals surface area contributed by atoms with E-state index in [1.807, 2.05) is 23.7 Å². The average Bonchev–Trinajstić information content (AvgIpc) is 2.92. The van der Waals surface area contributed by atoms with Crippen LogP contribution in [0.4, 0.5) is 0 Å². The molecule has 1 aromatic carbocycles. The predicted octanol–water partition coefficient (Wildman–Crippen LogP) is 3.39. The lowest BCUT2D eigenvalue weighted by atomic mass is 10.1. The van der Waals surface area contributed by atoms with Crippen LogP contribution in [0.15, 0.2) is 35.8 Å². The van der Waals surface area contributed by atoms with Crippen LogP contribution in [0.25, 0.3) is 0 Å². The molecule has 1 aromatic heterocycles. The number of likely N-dealkylation sites (N-methyl/N-ethyl adjacent to an activating group) is 1. The Labute approximate surface area is 118 Å². The average molecular weight is 276 g/mol. The minimum absolute atomic E-state index is 0.468. The number of hydrogen-bond donors (Lipinski definition) is 0. The van der Waals surface area contributed by atoms with Crippen LogP contribution in [0, 0.1) is 0 Å². The van der Waals surface area contributed by atoms with Crippen molar-refractivity contribution in [3.05, 3.63) is 46.4 Å². The molecular weight excluding hydrogens is 256 g/mol. The Balaban J connectivity index is 1.91. The molecule has 1 atom stereocenters. The molecule has 1 heterocycles. The number of ether oxygens (including phenoxy) is 1. The molecule has 0 saturated carbocycles. The summed E-state index contributed by atoms with van der Waals surface area (Å²) in [6.45, 7) is 4.15. The van der Waals surface area contributed by atoms with Crippen LogP contribution in [-0.2, 0) is 6.54 Å². The Morgan fingerprint density at radius 2 is 2.26 bits per heavy atom. The number of nitrogens with zero attached hydrogens (tertiary/aromatic N) is 2. The third-order valence-corrected chi connectivity index (χ3v) is 4.05. The SMILES string of the molecule is COc1cccc(CN(C)CC(C)c2nccs2)c1. The van der Waals surface area contributed by atoms with Gasteiger partial charge in [0.2, 0.25) is 0 Å². The Bertz CT molecular complexity index is 499. The number of thiazole rings is 1. The molecule has 0 N–H and O–H groups in total. The summed E-state index contributed by atoms with van der Waals surface area (Å²) in [6.07, 6.45) is 1.87. The number of benzene rings is 1. The number of rotatable bonds is 6. The van der Waals surface area contributed by atoms with Gasteiger partial charge < -0.3 is 9.64 Å². The molecule has 0 spiro atoms. The van der Waals surface area contributed by atoms with E-state index in [-0.39, 0.29) is 0 Å². The highest BCUT2D eigenvalue weighted by Crippen LogP contribution is 2.20. The lowest BCUT2D eigenvalue weighted by molar-refractivity contribution is 0.308. The zero-order chi connectivity index (χ0) is 13.7. The molecule has 4 heteroatoms. The van der Waals surface area contributed by atoms with Crippen molar-refractivity contribution >= 4 is 11.3 Å². The summed E-state index contributed by atoms with van der Waals surface area (Å²) in [5, 5.41) is 3.24. The highest BCUT2D eigenvalue weighted by Gasteiger charge is 2.11. The fourth-order valence-electron chi connectivity index (χ4n) is 2.17. The highest BCUT2D eigenvalue weighted by molar-refractivity contribution is 7.09. The third-order valence-electron chi connectivity index (χ3n) is 3.05. The minimum atomic E-state index is 0.468. The van der Waals surface area contributed by atoms with Crippen molar-refractivity contribution in [2.45, 2.75) is 19.4 Å². The molecule has 0 aliphatic carbocycles. The van der Waals surface area contributed by atoms with E-state index in [4.69, 9.17) is 4.74 Å². The van der Waals surface area contributed by atoms with Gasteiger partial charge in [0.25, 0.3) is 0 Å². The second-order valence-corrected chi connectivity index (χ2v) is 5.75. The lowest BCUT2D eigenvalue weighted by Gasteiger charge is -2.20. The van der Waals surface area contributed by atoms with Crippen LogP contribution in [0.3, 0.4) is 0 Å². The molecule has 0 fully saturated rings. The molecule has 0 bridgehead atoms. The molecule has 1 unspecified atom stereocenters. The van der Waals surface area contributed by atoms with Gasteiger partial charge in [-0.25, -0.2) is 4.98 Å². The second-order valence-electron chi connectivity index (χ2n) is 4.82. The maximum Gasteiger partial charge on any atom is 0.119 e. The van der Waals surface area contributed by atoms with Crippen molar-refractivity contribution in [3.8, 4) is 5.75 Å². The van der Waals surface area contributed by atoms with Gasteiger partial charge in [0, 0.05) is 30.6 Å². The molecule has 102 valence electrons. The normalized spacial score (nSPS) is 12.6. The van der Waals surface area contributed by atoms with Crippen molar-refractivity contribution in [1.29, 1.82) is 0 Å². The summed E-state index contributed by atoms with van der Waals surface area (Å²) in [5.41, 5.74) is 1.27. The van der Waals surface area contributed by atoms with Crippen molar-refractivity contribution in [2.24, 2.45) is 0 Å². The maximum atomic E-state index is 5.25. The molecule has 0 aliphatic heterocycles. The molecule has 0 radical (unpaired) electrons. The van der Waals surface area contributed by atoms with E-state index in [0.29, 0.717) is 5.92 Å². The monoisotopic (exact) mass is 276 g/mol. The minimum Gasteiger partial charge on any atom is -0.497 e. The predicted molar refractivity (Wildman–Crippen MR) is 79.9 cm³/mol. The van der Waals surface area contributed by atoms with Gasteiger partial charge in [-0.05, 0) is 24.7 Å². The zero-order valence-corrected chi connectivity index (χ0v) is 12.5. The summed E-state index contributed by atoms with van der Waals surface area (Å²) >= 11 is 1.73. The summed E-state index contributed by atoms with van der Waals surface area (Å²) in [6, 6.07) is 8.23. The first-order valence-electron chi connectivity index (χ1n) is 6.40. The molecule has 2 rings (SSSR count). The van der Waals surface area contributed by atoms with Crippen LogP contribution >= 0.6 is 11.3 Å². The van der Waals surface area contributed by atoms with Crippen LogP contribution in [0.1, 0.15) is 23.4 Å². The first-order valence-corrected chi connectivity index (χ1v) is 7.28. The fraction of sp³-hybridized carbons (Fsp3) is 0.400. The Morgan fingerprint density at radius 3 is 2.95 bits per heavy atom.